The van der Waals surface area contributed by atoms with E-state index in [9.17, 15) is 0 Å². The van der Waals surface area contributed by atoms with Crippen molar-refractivity contribution in [2.75, 3.05) is 6.61 Å². The molecule has 0 aliphatic rings. The Morgan fingerprint density at radius 1 is 0.735 bits per heavy atom. The zero-order valence-electron chi connectivity index (χ0n) is 19.6. The van der Waals surface area contributed by atoms with Gasteiger partial charge >= 0.3 is 0 Å². The van der Waals surface area contributed by atoms with E-state index in [-0.39, 0.29) is 0 Å². The fourth-order valence-corrected chi connectivity index (χ4v) is 4.57. The molecule has 0 saturated carbocycles. The smallest absolute Gasteiger partial charge is 0.160 e. The van der Waals surface area contributed by atoms with E-state index < -0.39 is 5.54 Å². The molecule has 0 unspecified atom stereocenters. The second-order valence-corrected chi connectivity index (χ2v) is 8.30. The Morgan fingerprint density at radius 2 is 1.26 bits per heavy atom. The molecule has 4 aromatic rings. The molecule has 0 spiro atoms. The summed E-state index contributed by atoms with van der Waals surface area (Å²) >= 11 is 0. The molecule has 1 aromatic heterocycles. The predicted molar refractivity (Wildman–Crippen MR) is 140 cm³/mol. The minimum atomic E-state index is -0.660. The van der Waals surface area contributed by atoms with E-state index >= 15 is 0 Å². The standard InChI is InChI=1S/C31H32N2O/c1-3-5-6-16-24-34-30-25-32-33(29(30)17-4-2)31(26-18-10-7-11-19-26,27-20-12-8-13-21-27)28-22-14-9-15-23-28/h3-4,7-15,18-23,25H,1-2,5-6,16-17,24H2. The van der Waals surface area contributed by atoms with Crippen LogP contribution in [0.2, 0.25) is 0 Å². The highest BCUT2D eigenvalue weighted by molar-refractivity contribution is 5.51. The molecule has 0 bridgehead atoms. The van der Waals surface area contributed by atoms with Crippen molar-refractivity contribution < 1.29 is 4.74 Å². The Hall–Kier alpha value is -3.85. The van der Waals surface area contributed by atoms with E-state index in [1.807, 2.05) is 18.3 Å². The van der Waals surface area contributed by atoms with Gasteiger partial charge in [0.15, 0.2) is 5.75 Å². The highest BCUT2D eigenvalue weighted by atomic mass is 16.5. The molecule has 0 aliphatic carbocycles. The van der Waals surface area contributed by atoms with E-state index in [4.69, 9.17) is 9.84 Å². The summed E-state index contributed by atoms with van der Waals surface area (Å²) in [5, 5.41) is 4.98. The monoisotopic (exact) mass is 448 g/mol. The van der Waals surface area contributed by atoms with Gasteiger partial charge in [-0.2, -0.15) is 5.10 Å². The van der Waals surface area contributed by atoms with Crippen molar-refractivity contribution in [3.8, 4) is 5.75 Å². The molecule has 34 heavy (non-hydrogen) atoms. The number of allylic oxidation sites excluding steroid dienone is 2. The zero-order chi connectivity index (χ0) is 23.6. The summed E-state index contributed by atoms with van der Waals surface area (Å²) in [7, 11) is 0. The third-order valence-electron chi connectivity index (χ3n) is 6.12. The van der Waals surface area contributed by atoms with Gasteiger partial charge in [-0.05, 0) is 36.0 Å². The summed E-state index contributed by atoms with van der Waals surface area (Å²) in [5.74, 6) is 0.811. The van der Waals surface area contributed by atoms with Crippen LogP contribution in [0.4, 0.5) is 0 Å². The minimum Gasteiger partial charge on any atom is -0.490 e. The van der Waals surface area contributed by atoms with Crippen LogP contribution in [0, 0.1) is 0 Å². The highest BCUT2D eigenvalue weighted by Crippen LogP contribution is 2.42. The zero-order valence-corrected chi connectivity index (χ0v) is 19.6. The summed E-state index contributed by atoms with van der Waals surface area (Å²) in [4.78, 5) is 0. The van der Waals surface area contributed by atoms with Crippen LogP contribution >= 0.6 is 0 Å². The molecule has 1 heterocycles. The predicted octanol–water partition coefficient (Wildman–Crippen LogP) is 7.19. The molecule has 0 saturated heterocycles. The molecule has 0 amide bonds. The molecule has 0 radical (unpaired) electrons. The van der Waals surface area contributed by atoms with Crippen molar-refractivity contribution in [2.24, 2.45) is 0 Å². The number of hydrogen-bond donors (Lipinski definition) is 0. The normalized spacial score (nSPS) is 11.2. The van der Waals surface area contributed by atoms with Gasteiger partial charge in [-0.1, -0.05) is 103 Å². The average molecular weight is 449 g/mol. The van der Waals surface area contributed by atoms with Crippen LogP contribution in [-0.2, 0) is 12.0 Å². The number of aromatic nitrogens is 2. The third-order valence-corrected chi connectivity index (χ3v) is 6.12. The topological polar surface area (TPSA) is 27.1 Å². The van der Waals surface area contributed by atoms with Crippen LogP contribution in [-0.4, -0.2) is 16.4 Å². The Morgan fingerprint density at radius 3 is 1.74 bits per heavy atom. The van der Waals surface area contributed by atoms with Gasteiger partial charge in [-0.15, -0.1) is 13.2 Å². The molecule has 172 valence electrons. The van der Waals surface area contributed by atoms with Crippen LogP contribution in [0.1, 0.15) is 41.6 Å². The molecule has 0 aliphatic heterocycles. The number of nitrogens with zero attached hydrogens (tertiary/aromatic N) is 2. The lowest BCUT2D eigenvalue weighted by molar-refractivity contribution is 0.302. The second-order valence-electron chi connectivity index (χ2n) is 8.30. The molecule has 0 atom stereocenters. The molecule has 3 heteroatoms. The van der Waals surface area contributed by atoms with Gasteiger partial charge < -0.3 is 4.74 Å². The minimum absolute atomic E-state index is 0.649. The van der Waals surface area contributed by atoms with E-state index in [0.29, 0.717) is 13.0 Å². The summed E-state index contributed by atoms with van der Waals surface area (Å²) in [5.41, 5.74) is 3.76. The Balaban J connectivity index is 1.93. The van der Waals surface area contributed by atoms with Crippen molar-refractivity contribution in [1.82, 2.24) is 9.78 Å². The van der Waals surface area contributed by atoms with Crippen molar-refractivity contribution in [3.05, 3.63) is 145 Å². The van der Waals surface area contributed by atoms with E-state index in [1.54, 1.807) is 0 Å². The van der Waals surface area contributed by atoms with Gasteiger partial charge in [0.1, 0.15) is 5.54 Å². The molecular formula is C31H32N2O. The molecule has 0 N–H and O–H groups in total. The third kappa shape index (κ3) is 4.60. The van der Waals surface area contributed by atoms with Crippen molar-refractivity contribution in [2.45, 2.75) is 31.2 Å². The first kappa shape index (κ1) is 23.3. The molecule has 0 fully saturated rings. The van der Waals surface area contributed by atoms with E-state index in [0.717, 1.165) is 47.4 Å². The van der Waals surface area contributed by atoms with Crippen LogP contribution in [0.25, 0.3) is 0 Å². The van der Waals surface area contributed by atoms with Gasteiger partial charge in [-0.25, -0.2) is 4.68 Å². The van der Waals surface area contributed by atoms with Crippen molar-refractivity contribution in [1.29, 1.82) is 0 Å². The molecule has 4 rings (SSSR count). The first-order chi connectivity index (χ1) is 16.8. The number of rotatable bonds is 12. The second kappa shape index (κ2) is 11.3. The van der Waals surface area contributed by atoms with Gasteiger partial charge in [0.25, 0.3) is 0 Å². The van der Waals surface area contributed by atoms with Gasteiger partial charge in [0.2, 0.25) is 0 Å². The maximum absolute atomic E-state index is 6.25. The Labute approximate surface area is 203 Å². The van der Waals surface area contributed by atoms with Crippen molar-refractivity contribution >= 4 is 0 Å². The Kier molecular flexibility index (Phi) is 7.77. The maximum Gasteiger partial charge on any atom is 0.160 e. The number of hydrogen-bond acceptors (Lipinski definition) is 2. The summed E-state index contributed by atoms with van der Waals surface area (Å²) in [6, 6.07) is 31.7. The number of benzene rings is 3. The fourth-order valence-electron chi connectivity index (χ4n) is 4.57. The van der Waals surface area contributed by atoms with E-state index in [2.05, 4.69) is 109 Å². The summed E-state index contributed by atoms with van der Waals surface area (Å²) < 4.78 is 8.39. The van der Waals surface area contributed by atoms with Gasteiger partial charge in [0, 0.05) is 6.42 Å². The molecule has 3 nitrogen and oxygen atoms in total. The fraction of sp³-hybridized carbons (Fsp3) is 0.194. The highest BCUT2D eigenvalue weighted by Gasteiger charge is 2.41. The quantitative estimate of drug-likeness (QED) is 0.130. The number of unbranched alkanes of at least 4 members (excludes halogenated alkanes) is 2. The summed E-state index contributed by atoms with van der Waals surface area (Å²) in [6.07, 6.45) is 9.43. The Bertz CT molecular complexity index is 1080. The number of ether oxygens (including phenoxy) is 1. The molecular weight excluding hydrogens is 416 g/mol. The molecule has 3 aromatic carbocycles. The van der Waals surface area contributed by atoms with E-state index in [1.165, 1.54) is 0 Å². The first-order valence-electron chi connectivity index (χ1n) is 11.9. The first-order valence-corrected chi connectivity index (χ1v) is 11.9. The summed E-state index contributed by atoms with van der Waals surface area (Å²) in [6.45, 7) is 8.49. The van der Waals surface area contributed by atoms with Crippen LogP contribution < -0.4 is 4.74 Å². The lowest BCUT2D eigenvalue weighted by Crippen LogP contribution is -2.39. The SMILES string of the molecule is C=CCCCCOc1cnn(C(c2ccccc2)(c2ccccc2)c2ccccc2)c1CC=C. The van der Waals surface area contributed by atoms with Crippen LogP contribution in [0.3, 0.4) is 0 Å². The van der Waals surface area contributed by atoms with Crippen LogP contribution in [0.15, 0.2) is 123 Å². The van der Waals surface area contributed by atoms with Crippen molar-refractivity contribution in [3.63, 3.8) is 0 Å². The largest absolute Gasteiger partial charge is 0.490 e. The van der Waals surface area contributed by atoms with Gasteiger partial charge in [0.05, 0.1) is 18.5 Å². The van der Waals surface area contributed by atoms with Gasteiger partial charge in [-0.3, -0.25) is 0 Å². The lowest BCUT2D eigenvalue weighted by atomic mass is 9.77. The maximum atomic E-state index is 6.25. The average Bonchev–Trinajstić information content (AvgIpc) is 3.29. The lowest BCUT2D eigenvalue weighted by Gasteiger charge is -2.37. The van der Waals surface area contributed by atoms with Crippen LogP contribution in [0.5, 0.6) is 5.75 Å².